The van der Waals surface area contributed by atoms with Gasteiger partial charge in [0.1, 0.15) is 0 Å². The fourth-order valence-electron chi connectivity index (χ4n) is 9.90. The Hall–Kier alpha value is -5.62. The number of benzene rings is 5. The van der Waals surface area contributed by atoms with Gasteiger partial charge in [0.15, 0.2) is 0 Å². The molecule has 0 saturated heterocycles. The smallest absolute Gasteiger partial charge is 0.261 e. The van der Waals surface area contributed by atoms with Crippen LogP contribution >= 0.6 is 0 Å². The van der Waals surface area contributed by atoms with Crippen molar-refractivity contribution < 1.29 is 28.8 Å². The molecule has 0 saturated carbocycles. The first-order valence-corrected chi connectivity index (χ1v) is 26.0. The Morgan fingerprint density at radius 1 is 0.357 bits per heavy atom. The molecule has 0 aromatic heterocycles. The van der Waals surface area contributed by atoms with E-state index in [0.29, 0.717) is 97.7 Å². The molecule has 2 aliphatic rings. The zero-order chi connectivity index (χ0) is 49.2. The van der Waals surface area contributed by atoms with Gasteiger partial charge in [0, 0.05) is 72.0 Å². The maximum Gasteiger partial charge on any atom is 0.261 e. The summed E-state index contributed by atoms with van der Waals surface area (Å²) in [7, 11) is 0. The monoisotopic (exact) mass is 959 g/mol. The number of hydrogen-bond acceptors (Lipinski definition) is 12. The Balaban J connectivity index is 0.891. The highest BCUT2D eigenvalue weighted by Crippen LogP contribution is 2.46. The van der Waals surface area contributed by atoms with Crippen molar-refractivity contribution in [3.8, 4) is 0 Å². The third-order valence-electron chi connectivity index (χ3n) is 13.6. The molecule has 7 rings (SSSR count). The second-order valence-electron chi connectivity index (χ2n) is 18.7. The summed E-state index contributed by atoms with van der Waals surface area (Å²) in [5, 5.41) is 25.7. The van der Waals surface area contributed by atoms with Crippen molar-refractivity contribution in [1.29, 1.82) is 0 Å². The molecule has 0 radical (unpaired) electrons. The lowest BCUT2D eigenvalue weighted by Crippen LogP contribution is -2.41. The van der Waals surface area contributed by atoms with Gasteiger partial charge in [0.2, 0.25) is 11.8 Å². The molecule has 10 N–H and O–H groups in total. The summed E-state index contributed by atoms with van der Waals surface area (Å²) in [4.78, 5) is 83.9. The van der Waals surface area contributed by atoms with Crippen molar-refractivity contribution in [2.75, 3.05) is 91.6 Å². The first-order valence-electron chi connectivity index (χ1n) is 26.0. The summed E-state index contributed by atoms with van der Waals surface area (Å²) in [6, 6.07) is 14.8. The molecule has 0 fully saturated rings. The summed E-state index contributed by atoms with van der Waals surface area (Å²) in [5.41, 5.74) is 12.8. The summed E-state index contributed by atoms with van der Waals surface area (Å²) < 4.78 is 0. The van der Waals surface area contributed by atoms with Crippen LogP contribution < -0.4 is 43.4 Å². The second-order valence-corrected chi connectivity index (χ2v) is 18.7. The van der Waals surface area contributed by atoms with Gasteiger partial charge in [-0.2, -0.15) is 0 Å². The molecule has 6 amide bonds. The number of unbranched alkanes of at least 4 members (excludes halogenated alkanes) is 4. The molecular formula is C54H74N10O6. The molecule has 16 nitrogen and oxygen atoms in total. The number of fused-ring (bicyclic) bond motifs is 2. The van der Waals surface area contributed by atoms with Crippen LogP contribution in [-0.4, -0.2) is 137 Å². The number of carbonyl (C=O) groups is 6. The van der Waals surface area contributed by atoms with Gasteiger partial charge in [-0.1, -0.05) is 24.3 Å². The maximum atomic E-state index is 14.0. The first kappa shape index (κ1) is 52.2. The highest BCUT2D eigenvalue weighted by Gasteiger charge is 2.36. The second kappa shape index (κ2) is 26.6. The summed E-state index contributed by atoms with van der Waals surface area (Å²) in [6.07, 6.45) is 10.8. The van der Waals surface area contributed by atoms with Gasteiger partial charge in [-0.3, -0.25) is 38.6 Å². The summed E-state index contributed by atoms with van der Waals surface area (Å²) in [5.74, 6) is -1.51. The minimum absolute atomic E-state index is 0.0377. The SMILES string of the molecule is NCCCNCCCCNCCCNC(=O)CCCCN1C(=O)c2ccc3c4ccc5c6c(ccc(c7ccc(c2c37)C1=O)c64)C(=O)N(CCCCC(=O)NCCCNCCCCNCCCN)C5=O. The minimum atomic E-state index is -0.359. The van der Waals surface area contributed by atoms with Crippen molar-refractivity contribution in [3.05, 3.63) is 70.8 Å². The van der Waals surface area contributed by atoms with E-state index in [1.807, 2.05) is 24.3 Å². The summed E-state index contributed by atoms with van der Waals surface area (Å²) in [6.45, 7) is 10.5. The van der Waals surface area contributed by atoms with Crippen LogP contribution in [-0.2, 0) is 9.59 Å². The highest BCUT2D eigenvalue weighted by molar-refractivity contribution is 6.41. The van der Waals surface area contributed by atoms with Crippen LogP contribution in [0.5, 0.6) is 0 Å². The Labute approximate surface area is 411 Å². The third kappa shape index (κ3) is 12.6. The van der Waals surface area contributed by atoms with E-state index in [-0.39, 0.29) is 48.5 Å². The number of imide groups is 2. The average molecular weight is 959 g/mol. The zero-order valence-corrected chi connectivity index (χ0v) is 40.9. The van der Waals surface area contributed by atoms with Crippen LogP contribution in [0.3, 0.4) is 0 Å². The van der Waals surface area contributed by atoms with E-state index in [4.69, 9.17) is 11.5 Å². The lowest BCUT2D eigenvalue weighted by molar-refractivity contribution is -0.122. The lowest BCUT2D eigenvalue weighted by Gasteiger charge is -2.30. The predicted molar refractivity (Wildman–Crippen MR) is 279 cm³/mol. The van der Waals surface area contributed by atoms with E-state index >= 15 is 0 Å². The molecule has 2 heterocycles. The van der Waals surface area contributed by atoms with E-state index in [0.717, 1.165) is 136 Å². The number of carbonyl (C=O) groups excluding carboxylic acids is 6. The molecule has 0 unspecified atom stereocenters. The van der Waals surface area contributed by atoms with Gasteiger partial charge >= 0.3 is 0 Å². The first-order chi connectivity index (χ1) is 34.3. The van der Waals surface area contributed by atoms with E-state index in [1.165, 1.54) is 9.80 Å². The van der Waals surface area contributed by atoms with Crippen LogP contribution in [0.1, 0.15) is 131 Å². The van der Waals surface area contributed by atoms with Crippen LogP contribution in [0.15, 0.2) is 48.5 Å². The van der Waals surface area contributed by atoms with Crippen molar-refractivity contribution in [1.82, 2.24) is 41.7 Å². The van der Waals surface area contributed by atoms with Crippen molar-refractivity contribution >= 4 is 78.5 Å². The minimum Gasteiger partial charge on any atom is -0.356 e. The lowest BCUT2D eigenvalue weighted by atomic mass is 9.82. The quantitative estimate of drug-likeness (QED) is 0.0119. The maximum absolute atomic E-state index is 14.0. The predicted octanol–water partition coefficient (Wildman–Crippen LogP) is 4.90. The molecule has 0 bridgehead atoms. The number of nitrogens with two attached hydrogens (primary N) is 2. The summed E-state index contributed by atoms with van der Waals surface area (Å²) >= 11 is 0. The largest absolute Gasteiger partial charge is 0.356 e. The Kier molecular flexibility index (Phi) is 19.8. The van der Waals surface area contributed by atoms with Gasteiger partial charge < -0.3 is 43.4 Å². The van der Waals surface area contributed by atoms with E-state index in [2.05, 4.69) is 31.9 Å². The van der Waals surface area contributed by atoms with Gasteiger partial charge in [0.25, 0.3) is 23.6 Å². The topological polar surface area (TPSA) is 233 Å². The van der Waals surface area contributed by atoms with Gasteiger partial charge in [-0.15, -0.1) is 0 Å². The Bertz CT molecular complexity index is 2320. The van der Waals surface area contributed by atoms with Gasteiger partial charge in [-0.05, 0) is 199 Å². The zero-order valence-electron chi connectivity index (χ0n) is 40.9. The van der Waals surface area contributed by atoms with Crippen molar-refractivity contribution in [3.63, 3.8) is 0 Å². The molecule has 5 aromatic rings. The fourth-order valence-corrected chi connectivity index (χ4v) is 9.90. The van der Waals surface area contributed by atoms with Crippen LogP contribution in [0.25, 0.3) is 43.1 Å². The molecule has 0 atom stereocenters. The molecule has 16 heteroatoms. The molecule has 70 heavy (non-hydrogen) atoms. The number of nitrogens with zero attached hydrogens (tertiary/aromatic N) is 2. The van der Waals surface area contributed by atoms with Crippen LogP contribution in [0, 0.1) is 0 Å². The Morgan fingerprint density at radius 2 is 0.657 bits per heavy atom. The fraction of sp³-hybridized carbons (Fsp3) is 0.519. The van der Waals surface area contributed by atoms with Crippen LogP contribution in [0.4, 0.5) is 0 Å². The Morgan fingerprint density at radius 3 is 0.971 bits per heavy atom. The standard InChI is InChI=1S/C54H74N10O6/c55-23-9-29-57-25-3-5-27-59-31-11-33-61-45(65)13-1-7-35-63-51(67)41-19-15-37-39-17-21-43-50-44(22-18-40(48(39)50)38-16-20-42(52(63)68)49(41)47(37)38)54(70)64(53(43)69)36-8-2-14-46(66)62-34-12-32-60-28-6-4-26-58-30-10-24-56/h15-22,57-60H,1-14,23-36,55-56H2,(H,61,65)(H,62,66). The molecule has 0 spiro atoms. The highest BCUT2D eigenvalue weighted by atomic mass is 16.2. The molecule has 5 aromatic carbocycles. The van der Waals surface area contributed by atoms with E-state index in [9.17, 15) is 28.8 Å². The van der Waals surface area contributed by atoms with E-state index < -0.39 is 0 Å². The van der Waals surface area contributed by atoms with Crippen molar-refractivity contribution in [2.24, 2.45) is 11.5 Å². The number of rotatable bonds is 34. The number of amides is 6. The number of hydrogen-bond donors (Lipinski definition) is 8. The molecule has 376 valence electrons. The molecule has 0 aliphatic carbocycles. The van der Waals surface area contributed by atoms with Gasteiger partial charge in [0.05, 0.1) is 0 Å². The number of nitrogens with one attached hydrogen (secondary N) is 6. The average Bonchev–Trinajstić information content (AvgIpc) is 3.36. The van der Waals surface area contributed by atoms with Crippen LogP contribution in [0.2, 0.25) is 0 Å². The van der Waals surface area contributed by atoms with Gasteiger partial charge in [-0.25, -0.2) is 0 Å². The molecular weight excluding hydrogens is 885 g/mol. The third-order valence-corrected chi connectivity index (χ3v) is 13.6. The van der Waals surface area contributed by atoms with E-state index in [1.54, 1.807) is 24.3 Å². The molecule has 2 aliphatic heterocycles. The normalized spacial score (nSPS) is 13.6. The van der Waals surface area contributed by atoms with Crippen molar-refractivity contribution in [2.45, 2.75) is 89.9 Å².